The number of amides is 1. The highest BCUT2D eigenvalue weighted by Gasteiger charge is 2.33. The SMILES string of the molecule is CC(=O)N1N=C(c2ccc(Cl)cc2Cl)O[C@H]1c1ccc(Cl)cc1. The molecule has 1 aliphatic heterocycles. The van der Waals surface area contributed by atoms with E-state index < -0.39 is 6.23 Å². The minimum atomic E-state index is -0.661. The van der Waals surface area contributed by atoms with Crippen LogP contribution in [0.15, 0.2) is 47.6 Å². The molecule has 1 aliphatic rings. The minimum Gasteiger partial charge on any atom is -0.446 e. The molecule has 0 saturated heterocycles. The Hall–Kier alpha value is -1.75. The Bertz CT molecular complexity index is 790. The lowest BCUT2D eigenvalue weighted by atomic mass is 10.2. The Morgan fingerprint density at radius 3 is 2.35 bits per heavy atom. The van der Waals surface area contributed by atoms with Gasteiger partial charge in [0.15, 0.2) is 0 Å². The van der Waals surface area contributed by atoms with Crippen LogP contribution in [-0.2, 0) is 9.53 Å². The molecule has 0 aliphatic carbocycles. The van der Waals surface area contributed by atoms with Gasteiger partial charge >= 0.3 is 0 Å². The Balaban J connectivity index is 1.97. The zero-order chi connectivity index (χ0) is 16.6. The number of ether oxygens (including phenoxy) is 1. The van der Waals surface area contributed by atoms with Gasteiger partial charge < -0.3 is 4.74 Å². The third-order valence-electron chi connectivity index (χ3n) is 3.28. The normalized spacial score (nSPS) is 17.0. The molecule has 0 saturated carbocycles. The zero-order valence-electron chi connectivity index (χ0n) is 12.0. The van der Waals surface area contributed by atoms with Gasteiger partial charge in [0.2, 0.25) is 18.0 Å². The summed E-state index contributed by atoms with van der Waals surface area (Å²) in [7, 11) is 0. The van der Waals surface area contributed by atoms with Crippen LogP contribution in [-0.4, -0.2) is 16.8 Å². The standard InChI is InChI=1S/C16H11Cl3N2O2/c1-9(22)21-16(10-2-4-11(17)5-3-10)23-15(20-21)13-7-6-12(18)8-14(13)19/h2-8,16H,1H3/t16-/m0/s1. The summed E-state index contributed by atoms with van der Waals surface area (Å²) >= 11 is 18.0. The predicted molar refractivity (Wildman–Crippen MR) is 90.8 cm³/mol. The molecule has 23 heavy (non-hydrogen) atoms. The lowest BCUT2D eigenvalue weighted by molar-refractivity contribution is -0.135. The molecule has 1 heterocycles. The minimum absolute atomic E-state index is 0.245. The molecule has 0 fully saturated rings. The summed E-state index contributed by atoms with van der Waals surface area (Å²) in [5.74, 6) is 0.0202. The van der Waals surface area contributed by atoms with E-state index in [9.17, 15) is 4.79 Å². The maximum absolute atomic E-state index is 11.9. The summed E-state index contributed by atoms with van der Waals surface area (Å²) in [5, 5.41) is 7.02. The topological polar surface area (TPSA) is 41.9 Å². The number of nitrogens with zero attached hydrogens (tertiary/aromatic N) is 2. The van der Waals surface area contributed by atoms with E-state index in [2.05, 4.69) is 5.10 Å². The fourth-order valence-electron chi connectivity index (χ4n) is 2.18. The molecule has 4 nitrogen and oxygen atoms in total. The van der Waals surface area contributed by atoms with Gasteiger partial charge in [-0.15, -0.1) is 5.10 Å². The van der Waals surface area contributed by atoms with Crippen LogP contribution in [0.1, 0.15) is 24.3 Å². The molecule has 0 N–H and O–H groups in total. The monoisotopic (exact) mass is 368 g/mol. The van der Waals surface area contributed by atoms with Crippen LogP contribution >= 0.6 is 34.8 Å². The van der Waals surface area contributed by atoms with Crippen molar-refractivity contribution in [2.45, 2.75) is 13.2 Å². The van der Waals surface area contributed by atoms with E-state index in [0.29, 0.717) is 20.6 Å². The molecular formula is C16H11Cl3N2O2. The van der Waals surface area contributed by atoms with Crippen LogP contribution in [0.3, 0.4) is 0 Å². The summed E-state index contributed by atoms with van der Waals surface area (Å²) in [5.41, 5.74) is 1.33. The third kappa shape index (κ3) is 3.29. The quantitative estimate of drug-likeness (QED) is 0.756. The van der Waals surface area contributed by atoms with E-state index in [1.165, 1.54) is 11.9 Å². The molecule has 0 aromatic heterocycles. The zero-order valence-corrected chi connectivity index (χ0v) is 14.2. The number of rotatable bonds is 2. The predicted octanol–water partition coefficient (Wildman–Crippen LogP) is 4.89. The molecule has 0 radical (unpaired) electrons. The molecule has 7 heteroatoms. The molecule has 2 aromatic carbocycles. The van der Waals surface area contributed by atoms with Crippen LogP contribution in [0.5, 0.6) is 0 Å². The fourth-order valence-corrected chi connectivity index (χ4v) is 2.80. The van der Waals surface area contributed by atoms with Gasteiger partial charge in [0, 0.05) is 22.5 Å². The van der Waals surface area contributed by atoms with Crippen LogP contribution in [0.2, 0.25) is 15.1 Å². The van der Waals surface area contributed by atoms with Gasteiger partial charge in [-0.3, -0.25) is 4.79 Å². The summed E-state index contributed by atoms with van der Waals surface area (Å²) in [6.07, 6.45) is -0.661. The molecule has 0 bridgehead atoms. The van der Waals surface area contributed by atoms with Gasteiger partial charge in [0.25, 0.3) is 0 Å². The number of carbonyl (C=O) groups excluding carboxylic acids is 1. The number of halogens is 3. The smallest absolute Gasteiger partial charge is 0.243 e. The van der Waals surface area contributed by atoms with Gasteiger partial charge in [-0.1, -0.05) is 46.9 Å². The van der Waals surface area contributed by atoms with Crippen LogP contribution in [0.4, 0.5) is 0 Å². The summed E-state index contributed by atoms with van der Waals surface area (Å²) < 4.78 is 5.85. The van der Waals surface area contributed by atoms with Gasteiger partial charge in [-0.2, -0.15) is 5.01 Å². The number of benzene rings is 2. The first-order valence-corrected chi connectivity index (χ1v) is 7.85. The van der Waals surface area contributed by atoms with Crippen molar-refractivity contribution < 1.29 is 9.53 Å². The van der Waals surface area contributed by atoms with Gasteiger partial charge in [-0.05, 0) is 30.3 Å². The molecule has 1 amide bonds. The number of carbonyl (C=O) groups is 1. The molecule has 0 unspecified atom stereocenters. The average molecular weight is 370 g/mol. The molecular weight excluding hydrogens is 359 g/mol. The summed E-state index contributed by atoms with van der Waals surface area (Å²) in [6, 6.07) is 12.0. The second-order valence-electron chi connectivity index (χ2n) is 4.91. The Labute approximate surface area is 148 Å². The van der Waals surface area contributed by atoms with Crippen LogP contribution in [0, 0.1) is 0 Å². The molecule has 3 rings (SSSR count). The second-order valence-corrected chi connectivity index (χ2v) is 6.19. The van der Waals surface area contributed by atoms with E-state index in [-0.39, 0.29) is 11.8 Å². The lowest BCUT2D eigenvalue weighted by Crippen LogP contribution is -2.25. The van der Waals surface area contributed by atoms with Crippen LogP contribution < -0.4 is 0 Å². The number of hydrazone groups is 1. The van der Waals surface area contributed by atoms with E-state index in [1.807, 2.05) is 0 Å². The lowest BCUT2D eigenvalue weighted by Gasteiger charge is -2.19. The average Bonchev–Trinajstić information content (AvgIpc) is 2.93. The van der Waals surface area contributed by atoms with Crippen molar-refractivity contribution in [1.82, 2.24) is 5.01 Å². The van der Waals surface area contributed by atoms with Crippen molar-refractivity contribution in [3.8, 4) is 0 Å². The van der Waals surface area contributed by atoms with Crippen molar-refractivity contribution in [1.29, 1.82) is 0 Å². The maximum atomic E-state index is 11.9. The van der Waals surface area contributed by atoms with Crippen molar-refractivity contribution in [2.24, 2.45) is 5.10 Å². The highest BCUT2D eigenvalue weighted by Crippen LogP contribution is 2.33. The number of hydrogen-bond donors (Lipinski definition) is 0. The van der Waals surface area contributed by atoms with Crippen LogP contribution in [0.25, 0.3) is 0 Å². The Morgan fingerprint density at radius 1 is 1.09 bits per heavy atom. The van der Waals surface area contributed by atoms with Crippen molar-refractivity contribution in [3.63, 3.8) is 0 Å². The van der Waals surface area contributed by atoms with E-state index in [0.717, 1.165) is 5.56 Å². The number of hydrogen-bond acceptors (Lipinski definition) is 3. The van der Waals surface area contributed by atoms with E-state index in [4.69, 9.17) is 39.5 Å². The largest absolute Gasteiger partial charge is 0.446 e. The molecule has 0 spiro atoms. The molecule has 2 aromatic rings. The van der Waals surface area contributed by atoms with Crippen molar-refractivity contribution in [3.05, 3.63) is 68.7 Å². The fraction of sp³-hybridized carbons (Fsp3) is 0.125. The summed E-state index contributed by atoms with van der Waals surface area (Å²) in [4.78, 5) is 11.9. The van der Waals surface area contributed by atoms with E-state index in [1.54, 1.807) is 42.5 Å². The first-order chi connectivity index (χ1) is 11.0. The molecule has 1 atom stereocenters. The van der Waals surface area contributed by atoms with E-state index >= 15 is 0 Å². The summed E-state index contributed by atoms with van der Waals surface area (Å²) in [6.45, 7) is 1.42. The Kier molecular flexibility index (Phi) is 4.48. The van der Waals surface area contributed by atoms with Crippen molar-refractivity contribution in [2.75, 3.05) is 0 Å². The van der Waals surface area contributed by atoms with Gasteiger partial charge in [0.05, 0.1) is 10.6 Å². The molecule has 118 valence electrons. The first kappa shape index (κ1) is 16.1. The second kappa shape index (κ2) is 6.40. The maximum Gasteiger partial charge on any atom is 0.243 e. The highest BCUT2D eigenvalue weighted by atomic mass is 35.5. The third-order valence-corrected chi connectivity index (χ3v) is 4.08. The first-order valence-electron chi connectivity index (χ1n) is 6.71. The highest BCUT2D eigenvalue weighted by molar-refractivity contribution is 6.36. The Morgan fingerprint density at radius 2 is 1.74 bits per heavy atom. The van der Waals surface area contributed by atoms with Gasteiger partial charge in [0.1, 0.15) is 0 Å². The van der Waals surface area contributed by atoms with Crippen molar-refractivity contribution >= 4 is 46.6 Å². The van der Waals surface area contributed by atoms with Gasteiger partial charge in [-0.25, -0.2) is 0 Å².